The van der Waals surface area contributed by atoms with Crippen molar-refractivity contribution in [3.63, 3.8) is 0 Å². The van der Waals surface area contributed by atoms with Crippen LogP contribution >= 0.6 is 0 Å². The van der Waals surface area contributed by atoms with Gasteiger partial charge in [0, 0.05) is 26.0 Å². The molecule has 0 aliphatic carbocycles. The number of amides is 1. The number of nitrogens with zero attached hydrogens (tertiary/aromatic N) is 3. The van der Waals surface area contributed by atoms with Crippen molar-refractivity contribution >= 4 is 5.91 Å². The van der Waals surface area contributed by atoms with Crippen LogP contribution in [0.15, 0.2) is 36.7 Å². The average molecular weight is 287 g/mol. The fourth-order valence-electron chi connectivity index (χ4n) is 2.05. The summed E-state index contributed by atoms with van der Waals surface area (Å²) in [6.45, 7) is 5.37. The second kappa shape index (κ2) is 6.92. The smallest absolute Gasteiger partial charge is 0.260 e. The first-order valence-electron chi connectivity index (χ1n) is 7.04. The third-order valence-corrected chi connectivity index (χ3v) is 3.39. The minimum Gasteiger partial charge on any atom is -0.484 e. The fourth-order valence-corrected chi connectivity index (χ4v) is 2.05. The van der Waals surface area contributed by atoms with Gasteiger partial charge in [0.15, 0.2) is 6.61 Å². The molecule has 0 saturated carbocycles. The Morgan fingerprint density at radius 2 is 2.14 bits per heavy atom. The molecule has 1 amide bonds. The van der Waals surface area contributed by atoms with E-state index in [1.807, 2.05) is 48.9 Å². The van der Waals surface area contributed by atoms with Gasteiger partial charge < -0.3 is 14.2 Å². The van der Waals surface area contributed by atoms with E-state index in [9.17, 15) is 4.79 Å². The number of para-hydroxylation sites is 1. The van der Waals surface area contributed by atoms with E-state index < -0.39 is 0 Å². The molecule has 0 atom stereocenters. The topological polar surface area (TPSA) is 47.4 Å². The predicted octanol–water partition coefficient (Wildman–Crippen LogP) is 2.25. The molecule has 0 saturated heterocycles. The zero-order valence-electron chi connectivity index (χ0n) is 12.7. The quantitative estimate of drug-likeness (QED) is 0.818. The van der Waals surface area contributed by atoms with Gasteiger partial charge in [0.2, 0.25) is 0 Å². The van der Waals surface area contributed by atoms with Crippen LogP contribution < -0.4 is 4.74 Å². The Kier molecular flexibility index (Phi) is 4.98. The summed E-state index contributed by atoms with van der Waals surface area (Å²) in [5.41, 5.74) is 1.02. The zero-order chi connectivity index (χ0) is 15.2. The first kappa shape index (κ1) is 15.1. The summed E-state index contributed by atoms with van der Waals surface area (Å²) in [6, 6.07) is 7.67. The number of likely N-dealkylation sites (N-methyl/N-ethyl adjacent to an activating group) is 1. The summed E-state index contributed by atoms with van der Waals surface area (Å²) in [5, 5.41) is 0. The van der Waals surface area contributed by atoms with E-state index in [0.717, 1.165) is 23.7 Å². The van der Waals surface area contributed by atoms with Gasteiger partial charge in [-0.25, -0.2) is 4.98 Å². The minimum absolute atomic E-state index is 0.0359. The third-order valence-electron chi connectivity index (χ3n) is 3.39. The van der Waals surface area contributed by atoms with E-state index in [-0.39, 0.29) is 12.5 Å². The first-order chi connectivity index (χ1) is 10.1. The summed E-state index contributed by atoms with van der Waals surface area (Å²) in [5.74, 6) is 1.56. The third kappa shape index (κ3) is 3.84. The number of hydrogen-bond acceptors (Lipinski definition) is 3. The van der Waals surface area contributed by atoms with Crippen LogP contribution in [0, 0.1) is 6.92 Å². The average Bonchev–Trinajstić information content (AvgIpc) is 2.93. The maximum absolute atomic E-state index is 12.1. The Bertz CT molecular complexity index is 607. The zero-order valence-corrected chi connectivity index (χ0v) is 12.7. The monoisotopic (exact) mass is 287 g/mol. The largest absolute Gasteiger partial charge is 0.484 e. The van der Waals surface area contributed by atoms with Crippen molar-refractivity contribution in [1.82, 2.24) is 14.5 Å². The Balaban J connectivity index is 1.90. The second-order valence-corrected chi connectivity index (χ2v) is 4.93. The van der Waals surface area contributed by atoms with Gasteiger partial charge in [-0.15, -0.1) is 0 Å². The number of rotatable bonds is 6. The molecule has 5 heteroatoms. The normalized spacial score (nSPS) is 10.4. The summed E-state index contributed by atoms with van der Waals surface area (Å²) < 4.78 is 7.60. The minimum atomic E-state index is -0.0658. The van der Waals surface area contributed by atoms with Crippen LogP contribution in [0.2, 0.25) is 0 Å². The molecular weight excluding hydrogens is 266 g/mol. The van der Waals surface area contributed by atoms with Gasteiger partial charge in [0.1, 0.15) is 11.6 Å². The van der Waals surface area contributed by atoms with E-state index in [1.165, 1.54) is 0 Å². The van der Waals surface area contributed by atoms with Crippen molar-refractivity contribution in [1.29, 1.82) is 0 Å². The molecule has 0 aliphatic heterocycles. The van der Waals surface area contributed by atoms with Crippen molar-refractivity contribution in [2.24, 2.45) is 0 Å². The number of carbonyl (C=O) groups excluding carboxylic acids is 1. The van der Waals surface area contributed by atoms with Crippen LogP contribution in [0.1, 0.15) is 18.3 Å². The highest BCUT2D eigenvalue weighted by molar-refractivity contribution is 5.77. The molecule has 1 aromatic heterocycles. The van der Waals surface area contributed by atoms with Gasteiger partial charge in [0.05, 0.1) is 6.54 Å². The standard InChI is InChI=1S/C16H21N3O2/c1-4-19-10-9-17-15(19)11-18(3)16(20)12-21-14-8-6-5-7-13(14)2/h5-10H,4,11-12H2,1-3H3. The van der Waals surface area contributed by atoms with Gasteiger partial charge in [-0.05, 0) is 25.5 Å². The molecule has 0 bridgehead atoms. The molecule has 0 unspecified atom stereocenters. The Morgan fingerprint density at radius 1 is 1.38 bits per heavy atom. The highest BCUT2D eigenvalue weighted by Crippen LogP contribution is 2.16. The maximum atomic E-state index is 12.1. The lowest BCUT2D eigenvalue weighted by Crippen LogP contribution is -2.32. The molecule has 0 radical (unpaired) electrons. The molecule has 1 heterocycles. The highest BCUT2D eigenvalue weighted by atomic mass is 16.5. The lowest BCUT2D eigenvalue weighted by molar-refractivity contribution is -0.132. The lowest BCUT2D eigenvalue weighted by Gasteiger charge is -2.18. The van der Waals surface area contributed by atoms with Crippen LogP contribution in [0.4, 0.5) is 0 Å². The van der Waals surface area contributed by atoms with Gasteiger partial charge >= 0.3 is 0 Å². The highest BCUT2D eigenvalue weighted by Gasteiger charge is 2.13. The predicted molar refractivity (Wildman–Crippen MR) is 81.0 cm³/mol. The Labute approximate surface area is 125 Å². The van der Waals surface area contributed by atoms with Crippen LogP contribution in [0.3, 0.4) is 0 Å². The Hall–Kier alpha value is -2.30. The van der Waals surface area contributed by atoms with Crippen LogP contribution in [0.5, 0.6) is 5.75 Å². The molecule has 0 fully saturated rings. The summed E-state index contributed by atoms with van der Waals surface area (Å²) in [4.78, 5) is 18.0. The molecule has 112 valence electrons. The van der Waals surface area contributed by atoms with E-state index >= 15 is 0 Å². The molecule has 0 spiro atoms. The number of aryl methyl sites for hydroxylation is 2. The number of ether oxygens (including phenoxy) is 1. The molecule has 0 N–H and O–H groups in total. The number of benzene rings is 1. The molecule has 2 aromatic rings. The number of hydrogen-bond donors (Lipinski definition) is 0. The Morgan fingerprint density at radius 3 is 2.86 bits per heavy atom. The van der Waals surface area contributed by atoms with Crippen molar-refractivity contribution in [3.05, 3.63) is 48.0 Å². The summed E-state index contributed by atoms with van der Waals surface area (Å²) in [6.07, 6.45) is 3.67. The summed E-state index contributed by atoms with van der Waals surface area (Å²) >= 11 is 0. The second-order valence-electron chi connectivity index (χ2n) is 4.93. The van der Waals surface area contributed by atoms with Gasteiger partial charge in [0.25, 0.3) is 5.91 Å². The molecule has 5 nitrogen and oxygen atoms in total. The van der Waals surface area contributed by atoms with Gasteiger partial charge in [-0.2, -0.15) is 0 Å². The van der Waals surface area contributed by atoms with Crippen molar-refractivity contribution in [2.45, 2.75) is 26.9 Å². The number of imidazole rings is 1. The molecule has 1 aromatic carbocycles. The van der Waals surface area contributed by atoms with Crippen molar-refractivity contribution in [3.8, 4) is 5.75 Å². The van der Waals surface area contributed by atoms with E-state index in [4.69, 9.17) is 4.74 Å². The number of aromatic nitrogens is 2. The maximum Gasteiger partial charge on any atom is 0.260 e. The van der Waals surface area contributed by atoms with E-state index in [0.29, 0.717) is 6.54 Å². The molecular formula is C16H21N3O2. The van der Waals surface area contributed by atoms with E-state index in [2.05, 4.69) is 4.98 Å². The fraction of sp³-hybridized carbons (Fsp3) is 0.375. The lowest BCUT2D eigenvalue weighted by atomic mass is 10.2. The van der Waals surface area contributed by atoms with Crippen LogP contribution in [0.25, 0.3) is 0 Å². The SMILES string of the molecule is CCn1ccnc1CN(C)C(=O)COc1ccccc1C. The first-order valence-corrected chi connectivity index (χ1v) is 7.04. The number of carbonyl (C=O) groups is 1. The molecule has 2 rings (SSSR count). The van der Waals surface area contributed by atoms with Gasteiger partial charge in [-0.3, -0.25) is 4.79 Å². The summed E-state index contributed by atoms with van der Waals surface area (Å²) in [7, 11) is 1.76. The van der Waals surface area contributed by atoms with Gasteiger partial charge in [-0.1, -0.05) is 18.2 Å². The van der Waals surface area contributed by atoms with Crippen LogP contribution in [-0.2, 0) is 17.9 Å². The van der Waals surface area contributed by atoms with Crippen molar-refractivity contribution < 1.29 is 9.53 Å². The molecule has 21 heavy (non-hydrogen) atoms. The van der Waals surface area contributed by atoms with E-state index in [1.54, 1.807) is 18.1 Å². The van der Waals surface area contributed by atoms with Crippen molar-refractivity contribution in [2.75, 3.05) is 13.7 Å². The molecule has 0 aliphatic rings. The van der Waals surface area contributed by atoms with Crippen LogP contribution in [-0.4, -0.2) is 34.0 Å².